The van der Waals surface area contributed by atoms with Crippen LogP contribution >= 0.6 is 11.8 Å². The first-order valence-electron chi connectivity index (χ1n) is 3.34. The van der Waals surface area contributed by atoms with E-state index in [1.54, 1.807) is 18.0 Å². The van der Waals surface area contributed by atoms with Gasteiger partial charge >= 0.3 is 0 Å². The van der Waals surface area contributed by atoms with E-state index in [0.717, 1.165) is 10.9 Å². The predicted molar refractivity (Wildman–Crippen MR) is 47.4 cm³/mol. The fourth-order valence-electron chi connectivity index (χ4n) is 0.664. The van der Waals surface area contributed by atoms with E-state index in [2.05, 4.69) is 16.8 Å². The number of hydrogen-bond acceptors (Lipinski definition) is 2. The highest BCUT2D eigenvalue weighted by Gasteiger charge is 1.95. The smallest absolute Gasteiger partial charge is 0.168 e. The van der Waals surface area contributed by atoms with Gasteiger partial charge in [0.1, 0.15) is 0 Å². The number of thioether (sulfide) groups is 1. The molecule has 0 spiro atoms. The summed E-state index contributed by atoms with van der Waals surface area (Å²) in [5, 5.41) is 1.02. The lowest BCUT2D eigenvalue weighted by molar-refractivity contribution is 0.791. The fourth-order valence-corrected chi connectivity index (χ4v) is 1.41. The minimum absolute atomic E-state index is 0.821. The molecule has 0 amide bonds. The summed E-state index contributed by atoms with van der Waals surface area (Å²) in [5.41, 5.74) is 0. The zero-order chi connectivity index (χ0) is 8.10. The number of imidazole rings is 1. The summed E-state index contributed by atoms with van der Waals surface area (Å²) in [7, 11) is 1.98. The molecule has 0 aromatic carbocycles. The van der Waals surface area contributed by atoms with Crippen LogP contribution < -0.4 is 0 Å². The van der Waals surface area contributed by atoms with Crippen LogP contribution in [0.1, 0.15) is 6.92 Å². The molecule has 0 radical (unpaired) electrons. The van der Waals surface area contributed by atoms with Crippen LogP contribution in [0.15, 0.2) is 17.6 Å². The second kappa shape index (κ2) is 4.09. The number of aryl methyl sites for hydroxylation is 1. The van der Waals surface area contributed by atoms with Crippen molar-refractivity contribution in [3.8, 4) is 11.8 Å². The van der Waals surface area contributed by atoms with E-state index in [1.807, 2.05) is 24.7 Å². The molecular weight excluding hydrogens is 156 g/mol. The van der Waals surface area contributed by atoms with Gasteiger partial charge in [-0.05, 0) is 6.92 Å². The van der Waals surface area contributed by atoms with E-state index in [4.69, 9.17) is 0 Å². The SMILES string of the molecule is CC#CCSc1nccn1C. The van der Waals surface area contributed by atoms with Gasteiger partial charge in [0.05, 0.1) is 5.75 Å². The third-order valence-corrected chi connectivity index (χ3v) is 2.17. The van der Waals surface area contributed by atoms with E-state index < -0.39 is 0 Å². The number of aromatic nitrogens is 2. The van der Waals surface area contributed by atoms with Crippen LogP contribution in [0.4, 0.5) is 0 Å². The molecule has 0 atom stereocenters. The van der Waals surface area contributed by atoms with Gasteiger partial charge in [-0.3, -0.25) is 0 Å². The second-order valence-electron chi connectivity index (χ2n) is 2.04. The van der Waals surface area contributed by atoms with E-state index >= 15 is 0 Å². The first kappa shape index (κ1) is 8.22. The molecule has 1 rings (SSSR count). The number of rotatable bonds is 2. The van der Waals surface area contributed by atoms with Crippen LogP contribution in [0.25, 0.3) is 0 Å². The van der Waals surface area contributed by atoms with Crippen molar-refractivity contribution in [2.45, 2.75) is 12.1 Å². The summed E-state index contributed by atoms with van der Waals surface area (Å²) in [6, 6.07) is 0. The molecule has 0 aliphatic carbocycles. The third-order valence-electron chi connectivity index (χ3n) is 1.23. The molecule has 0 bridgehead atoms. The Bertz CT molecular complexity index is 280. The standard InChI is InChI=1S/C8H10N2S/c1-3-4-7-11-8-9-5-6-10(8)2/h5-6H,7H2,1-2H3. The van der Waals surface area contributed by atoms with Crippen molar-refractivity contribution in [1.29, 1.82) is 0 Å². The maximum atomic E-state index is 4.15. The minimum Gasteiger partial charge on any atom is -0.329 e. The molecule has 0 fully saturated rings. The molecule has 58 valence electrons. The highest BCUT2D eigenvalue weighted by molar-refractivity contribution is 7.99. The largest absolute Gasteiger partial charge is 0.329 e. The Morgan fingerprint density at radius 2 is 2.55 bits per heavy atom. The Morgan fingerprint density at radius 3 is 3.09 bits per heavy atom. The highest BCUT2D eigenvalue weighted by atomic mass is 32.2. The van der Waals surface area contributed by atoms with Crippen LogP contribution in [0.5, 0.6) is 0 Å². The quantitative estimate of drug-likeness (QED) is 0.490. The Kier molecular flexibility index (Phi) is 3.06. The number of nitrogens with zero attached hydrogens (tertiary/aromatic N) is 2. The minimum atomic E-state index is 0.821. The van der Waals surface area contributed by atoms with E-state index in [1.165, 1.54) is 0 Å². The molecule has 1 aromatic rings. The van der Waals surface area contributed by atoms with Gasteiger partial charge in [0.15, 0.2) is 5.16 Å². The van der Waals surface area contributed by atoms with Crippen molar-refractivity contribution in [3.63, 3.8) is 0 Å². The molecule has 0 N–H and O–H groups in total. The first-order valence-corrected chi connectivity index (χ1v) is 4.33. The van der Waals surface area contributed by atoms with Crippen LogP contribution in [0.3, 0.4) is 0 Å². The zero-order valence-electron chi connectivity index (χ0n) is 6.66. The van der Waals surface area contributed by atoms with Crippen molar-refractivity contribution in [1.82, 2.24) is 9.55 Å². The molecule has 1 heterocycles. The molecule has 0 aliphatic heterocycles. The summed E-state index contributed by atoms with van der Waals surface area (Å²) >= 11 is 1.66. The summed E-state index contributed by atoms with van der Waals surface area (Å²) in [4.78, 5) is 4.15. The predicted octanol–water partition coefficient (Wildman–Crippen LogP) is 1.54. The van der Waals surface area contributed by atoms with E-state index in [-0.39, 0.29) is 0 Å². The van der Waals surface area contributed by atoms with Crippen molar-refractivity contribution >= 4 is 11.8 Å². The molecule has 0 saturated heterocycles. The average Bonchev–Trinajstić information content (AvgIpc) is 2.37. The molecule has 11 heavy (non-hydrogen) atoms. The van der Waals surface area contributed by atoms with Crippen molar-refractivity contribution < 1.29 is 0 Å². The molecule has 2 nitrogen and oxygen atoms in total. The van der Waals surface area contributed by atoms with Gasteiger partial charge in [-0.2, -0.15) is 0 Å². The average molecular weight is 166 g/mol. The summed E-state index contributed by atoms with van der Waals surface area (Å²) < 4.78 is 1.99. The molecule has 1 aromatic heterocycles. The summed E-state index contributed by atoms with van der Waals surface area (Å²) in [6.07, 6.45) is 3.73. The molecular formula is C8H10N2S. The topological polar surface area (TPSA) is 17.8 Å². The Balaban J connectivity index is 2.48. The van der Waals surface area contributed by atoms with Crippen molar-refractivity contribution in [3.05, 3.63) is 12.4 Å². The maximum Gasteiger partial charge on any atom is 0.168 e. The normalized spacial score (nSPS) is 8.91. The lowest BCUT2D eigenvalue weighted by atomic mass is 10.7. The van der Waals surface area contributed by atoms with Crippen LogP contribution in [0.2, 0.25) is 0 Å². The van der Waals surface area contributed by atoms with Gasteiger partial charge < -0.3 is 4.57 Å². The van der Waals surface area contributed by atoms with Gasteiger partial charge in [0, 0.05) is 19.4 Å². The Morgan fingerprint density at radius 1 is 1.73 bits per heavy atom. The monoisotopic (exact) mass is 166 g/mol. The van der Waals surface area contributed by atoms with Crippen LogP contribution in [-0.2, 0) is 7.05 Å². The lowest BCUT2D eigenvalue weighted by Gasteiger charge is -1.95. The summed E-state index contributed by atoms with van der Waals surface area (Å²) in [6.45, 7) is 1.85. The molecule has 0 saturated carbocycles. The van der Waals surface area contributed by atoms with Crippen molar-refractivity contribution in [2.75, 3.05) is 5.75 Å². The maximum absolute atomic E-state index is 4.15. The lowest BCUT2D eigenvalue weighted by Crippen LogP contribution is -1.88. The van der Waals surface area contributed by atoms with E-state index in [9.17, 15) is 0 Å². The van der Waals surface area contributed by atoms with Crippen molar-refractivity contribution in [2.24, 2.45) is 7.05 Å². The molecule has 3 heteroatoms. The molecule has 0 unspecified atom stereocenters. The second-order valence-corrected chi connectivity index (χ2v) is 2.98. The Hall–Kier alpha value is -0.880. The van der Waals surface area contributed by atoms with Crippen LogP contribution in [-0.4, -0.2) is 15.3 Å². The summed E-state index contributed by atoms with van der Waals surface area (Å²) in [5.74, 6) is 6.64. The fraction of sp³-hybridized carbons (Fsp3) is 0.375. The van der Waals surface area contributed by atoms with Gasteiger partial charge in [0.25, 0.3) is 0 Å². The van der Waals surface area contributed by atoms with Gasteiger partial charge in [0.2, 0.25) is 0 Å². The zero-order valence-corrected chi connectivity index (χ0v) is 7.48. The highest BCUT2D eigenvalue weighted by Crippen LogP contribution is 2.12. The van der Waals surface area contributed by atoms with Crippen LogP contribution in [0, 0.1) is 11.8 Å². The van der Waals surface area contributed by atoms with E-state index in [0.29, 0.717) is 0 Å². The van der Waals surface area contributed by atoms with Gasteiger partial charge in [-0.25, -0.2) is 4.98 Å². The van der Waals surface area contributed by atoms with Gasteiger partial charge in [-0.15, -0.1) is 5.92 Å². The third kappa shape index (κ3) is 2.32. The first-order chi connectivity index (χ1) is 5.34. The number of hydrogen-bond donors (Lipinski definition) is 0. The Labute approximate surface area is 71.0 Å². The molecule has 0 aliphatic rings. The van der Waals surface area contributed by atoms with Gasteiger partial charge in [-0.1, -0.05) is 17.7 Å².